The van der Waals surface area contributed by atoms with Gasteiger partial charge in [0.15, 0.2) is 0 Å². The number of carbonyl (C=O) groups excluding carboxylic acids is 1. The van der Waals surface area contributed by atoms with Crippen molar-refractivity contribution in [2.45, 2.75) is 24.0 Å². The molecule has 0 aliphatic carbocycles. The van der Waals surface area contributed by atoms with Crippen molar-refractivity contribution >= 4 is 26.8 Å². The van der Waals surface area contributed by atoms with Gasteiger partial charge >= 0.3 is 5.97 Å². The van der Waals surface area contributed by atoms with Crippen LogP contribution in [-0.4, -0.2) is 20.4 Å². The lowest BCUT2D eigenvalue weighted by molar-refractivity contribution is -0.147. The maximum Gasteiger partial charge on any atom is 0.324 e. The molecule has 4 aromatic carbocycles. The molecule has 5 nitrogen and oxygen atoms in total. The number of carbonyl (C=O) groups is 1. The minimum Gasteiger partial charge on any atom is -0.460 e. The minimum atomic E-state index is -3.95. The van der Waals surface area contributed by atoms with Gasteiger partial charge in [-0.05, 0) is 40.5 Å². The van der Waals surface area contributed by atoms with Gasteiger partial charge in [0.25, 0.3) is 0 Å². The molecule has 0 aliphatic rings. The molecular weight excluding hydrogens is 422 g/mol. The molecule has 0 bridgehead atoms. The Morgan fingerprint density at radius 2 is 1.34 bits per heavy atom. The van der Waals surface area contributed by atoms with Gasteiger partial charge in [-0.2, -0.15) is 4.72 Å². The number of nitrogens with one attached hydrogen (secondary N) is 1. The zero-order valence-corrected chi connectivity index (χ0v) is 18.2. The van der Waals surface area contributed by atoms with Crippen molar-refractivity contribution in [3.05, 3.63) is 114 Å². The third-order valence-electron chi connectivity index (χ3n) is 5.12. The largest absolute Gasteiger partial charge is 0.460 e. The summed E-state index contributed by atoms with van der Waals surface area (Å²) in [6.45, 7) is 0.0721. The van der Waals surface area contributed by atoms with Crippen LogP contribution in [0.3, 0.4) is 0 Å². The number of fused-ring (bicyclic) bond motifs is 1. The Morgan fingerprint density at radius 1 is 0.750 bits per heavy atom. The fourth-order valence-corrected chi connectivity index (χ4v) is 4.66. The first-order chi connectivity index (χ1) is 15.5. The second-order valence-corrected chi connectivity index (χ2v) is 9.18. The molecule has 0 spiro atoms. The topological polar surface area (TPSA) is 72.5 Å². The summed E-state index contributed by atoms with van der Waals surface area (Å²) in [6, 6.07) is 29.9. The Bertz CT molecular complexity index is 1310. The summed E-state index contributed by atoms with van der Waals surface area (Å²) in [7, 11) is -3.95. The minimum absolute atomic E-state index is 0.0721. The second-order valence-electron chi connectivity index (χ2n) is 7.47. The van der Waals surface area contributed by atoms with E-state index in [9.17, 15) is 13.2 Å². The van der Waals surface area contributed by atoms with Gasteiger partial charge in [0, 0.05) is 0 Å². The number of hydrogen-bond donors (Lipinski definition) is 1. The second kappa shape index (κ2) is 9.77. The first kappa shape index (κ1) is 21.7. The van der Waals surface area contributed by atoms with Gasteiger partial charge < -0.3 is 4.74 Å². The number of ether oxygens (including phenoxy) is 1. The third kappa shape index (κ3) is 5.41. The lowest BCUT2D eigenvalue weighted by atomic mass is 10.1. The molecule has 0 fully saturated rings. The van der Waals surface area contributed by atoms with E-state index < -0.39 is 22.0 Å². The lowest BCUT2D eigenvalue weighted by Gasteiger charge is -2.18. The van der Waals surface area contributed by atoms with Gasteiger partial charge in [-0.3, -0.25) is 4.79 Å². The van der Waals surface area contributed by atoms with Crippen LogP contribution in [-0.2, 0) is 32.6 Å². The van der Waals surface area contributed by atoms with Crippen molar-refractivity contribution in [2.75, 3.05) is 0 Å². The van der Waals surface area contributed by atoms with Crippen LogP contribution in [0.1, 0.15) is 11.1 Å². The molecule has 0 heterocycles. The van der Waals surface area contributed by atoms with Crippen LogP contribution in [0.5, 0.6) is 0 Å². The van der Waals surface area contributed by atoms with Crippen LogP contribution in [0, 0.1) is 0 Å². The van der Waals surface area contributed by atoms with Crippen LogP contribution < -0.4 is 4.72 Å². The molecule has 0 saturated heterocycles. The van der Waals surface area contributed by atoms with Gasteiger partial charge in [0.05, 0.1) is 4.90 Å². The Labute approximate surface area is 187 Å². The highest BCUT2D eigenvalue weighted by atomic mass is 32.2. The molecule has 0 aliphatic heterocycles. The van der Waals surface area contributed by atoms with Crippen molar-refractivity contribution in [1.29, 1.82) is 0 Å². The standard InChI is InChI=1S/C26H23NO4S/c28-26(31-19-21-11-5-2-6-12-21)25(17-20-9-3-1-4-10-20)27-32(29,30)24-16-15-22-13-7-8-14-23(22)18-24/h1-16,18,25,27H,17,19H2/t25-/m0/s1. The number of hydrogen-bond acceptors (Lipinski definition) is 4. The zero-order valence-electron chi connectivity index (χ0n) is 17.3. The van der Waals surface area contributed by atoms with Crippen molar-refractivity contribution in [3.63, 3.8) is 0 Å². The van der Waals surface area contributed by atoms with E-state index in [1.807, 2.05) is 84.9 Å². The van der Waals surface area contributed by atoms with Crippen LogP contribution in [0.25, 0.3) is 10.8 Å². The third-order valence-corrected chi connectivity index (χ3v) is 6.59. The molecule has 0 amide bonds. The van der Waals surface area contributed by atoms with Crippen molar-refractivity contribution < 1.29 is 17.9 Å². The van der Waals surface area contributed by atoms with Gasteiger partial charge in [0.2, 0.25) is 10.0 Å². The van der Waals surface area contributed by atoms with Gasteiger partial charge in [-0.15, -0.1) is 0 Å². The summed E-state index contributed by atoms with van der Waals surface area (Å²) in [6.07, 6.45) is 0.182. The first-order valence-electron chi connectivity index (χ1n) is 10.3. The summed E-state index contributed by atoms with van der Waals surface area (Å²) in [4.78, 5) is 13.0. The number of sulfonamides is 1. The first-order valence-corrected chi connectivity index (χ1v) is 11.8. The average molecular weight is 446 g/mol. The number of benzene rings is 4. The van der Waals surface area contributed by atoms with E-state index in [0.717, 1.165) is 21.9 Å². The summed E-state index contributed by atoms with van der Waals surface area (Å²) in [5, 5.41) is 1.75. The molecule has 32 heavy (non-hydrogen) atoms. The molecule has 0 saturated carbocycles. The maximum atomic E-state index is 13.1. The quantitative estimate of drug-likeness (QED) is 0.406. The summed E-state index contributed by atoms with van der Waals surface area (Å²) in [5.74, 6) is -0.623. The van der Waals surface area contributed by atoms with E-state index in [1.165, 1.54) is 0 Å². The average Bonchev–Trinajstić information content (AvgIpc) is 2.83. The lowest BCUT2D eigenvalue weighted by Crippen LogP contribution is -2.43. The Balaban J connectivity index is 1.57. The molecule has 0 radical (unpaired) electrons. The molecular formula is C26H23NO4S. The number of esters is 1. The highest BCUT2D eigenvalue weighted by Crippen LogP contribution is 2.20. The maximum absolute atomic E-state index is 13.1. The predicted molar refractivity (Wildman–Crippen MR) is 124 cm³/mol. The Hall–Kier alpha value is -3.48. The van der Waals surface area contributed by atoms with Crippen molar-refractivity contribution in [1.82, 2.24) is 4.72 Å². The predicted octanol–water partition coefficient (Wildman–Crippen LogP) is 4.47. The molecule has 1 atom stereocenters. The summed E-state index contributed by atoms with van der Waals surface area (Å²) < 4.78 is 34.3. The van der Waals surface area contributed by atoms with E-state index in [2.05, 4.69) is 4.72 Å². The summed E-state index contributed by atoms with van der Waals surface area (Å²) >= 11 is 0. The molecule has 1 N–H and O–H groups in total. The number of rotatable bonds is 8. The molecule has 0 aromatic heterocycles. The SMILES string of the molecule is O=C(OCc1ccccc1)[C@H](Cc1ccccc1)NS(=O)(=O)c1ccc2ccccc2c1. The molecule has 4 aromatic rings. The molecule has 0 unspecified atom stereocenters. The molecule has 162 valence electrons. The van der Waals surface area contributed by atoms with Crippen LogP contribution in [0.4, 0.5) is 0 Å². The fraction of sp³-hybridized carbons (Fsp3) is 0.115. The van der Waals surface area contributed by atoms with Crippen LogP contribution in [0.2, 0.25) is 0 Å². The van der Waals surface area contributed by atoms with E-state index in [-0.39, 0.29) is 17.9 Å². The zero-order chi connectivity index (χ0) is 22.4. The smallest absolute Gasteiger partial charge is 0.324 e. The molecule has 4 rings (SSSR count). The normalized spacial score (nSPS) is 12.4. The summed E-state index contributed by atoms with van der Waals surface area (Å²) in [5.41, 5.74) is 1.66. The van der Waals surface area contributed by atoms with Gasteiger partial charge in [-0.25, -0.2) is 8.42 Å². The van der Waals surface area contributed by atoms with Crippen molar-refractivity contribution in [2.24, 2.45) is 0 Å². The van der Waals surface area contributed by atoms with E-state index in [0.29, 0.717) is 0 Å². The fourth-order valence-electron chi connectivity index (χ4n) is 3.44. The van der Waals surface area contributed by atoms with Crippen molar-refractivity contribution in [3.8, 4) is 0 Å². The van der Waals surface area contributed by atoms with E-state index in [4.69, 9.17) is 4.74 Å². The highest BCUT2D eigenvalue weighted by Gasteiger charge is 2.27. The van der Waals surface area contributed by atoms with Gasteiger partial charge in [-0.1, -0.05) is 91.0 Å². The monoisotopic (exact) mass is 445 g/mol. The Kier molecular flexibility index (Phi) is 6.63. The van der Waals surface area contributed by atoms with Gasteiger partial charge in [0.1, 0.15) is 12.6 Å². The van der Waals surface area contributed by atoms with E-state index in [1.54, 1.807) is 18.2 Å². The Morgan fingerprint density at radius 3 is 2.03 bits per heavy atom. The van der Waals surface area contributed by atoms with Crippen LogP contribution >= 0.6 is 0 Å². The highest BCUT2D eigenvalue weighted by molar-refractivity contribution is 7.89. The van der Waals surface area contributed by atoms with E-state index >= 15 is 0 Å². The molecule has 6 heteroatoms. The van der Waals surface area contributed by atoms with Crippen LogP contribution in [0.15, 0.2) is 108 Å².